The predicted molar refractivity (Wildman–Crippen MR) is 50.8 cm³/mol. The van der Waals surface area contributed by atoms with Crippen LogP contribution in [0.3, 0.4) is 0 Å². The molecule has 0 radical (unpaired) electrons. The molecular formula is C8H6N4O4. The largest absolute Gasteiger partial charge is 0.411 e. The maximum atomic E-state index is 8.28. The SMILES string of the molecule is ON=Cc1cc(-c2cc(C=NO)on2)no1. The van der Waals surface area contributed by atoms with Gasteiger partial charge in [-0.3, -0.25) is 0 Å². The van der Waals surface area contributed by atoms with Crippen LogP contribution in [0.2, 0.25) is 0 Å². The van der Waals surface area contributed by atoms with Gasteiger partial charge >= 0.3 is 0 Å². The fourth-order valence-corrected chi connectivity index (χ4v) is 1.06. The molecule has 2 heterocycles. The lowest BCUT2D eigenvalue weighted by Gasteiger charge is -1.79. The molecule has 2 rings (SSSR count). The summed E-state index contributed by atoms with van der Waals surface area (Å²) >= 11 is 0. The Labute approximate surface area is 88.4 Å². The molecule has 0 fully saturated rings. The molecule has 0 bridgehead atoms. The lowest BCUT2D eigenvalue weighted by molar-refractivity contribution is 0.319. The maximum absolute atomic E-state index is 8.28. The van der Waals surface area contributed by atoms with Crippen molar-refractivity contribution < 1.29 is 19.5 Å². The highest BCUT2D eigenvalue weighted by Gasteiger charge is 2.10. The third kappa shape index (κ3) is 1.90. The smallest absolute Gasteiger partial charge is 0.181 e. The molecule has 0 aliphatic carbocycles. The predicted octanol–water partition coefficient (Wildman–Crippen LogP) is 0.946. The molecule has 2 aromatic heterocycles. The van der Waals surface area contributed by atoms with Crippen LogP contribution in [0, 0.1) is 0 Å². The van der Waals surface area contributed by atoms with Crippen LogP contribution in [0.4, 0.5) is 0 Å². The fraction of sp³-hybridized carbons (Fsp3) is 0. The van der Waals surface area contributed by atoms with Crippen LogP contribution in [0.15, 0.2) is 31.5 Å². The Kier molecular flexibility index (Phi) is 2.63. The quantitative estimate of drug-likeness (QED) is 0.453. The Morgan fingerprint density at radius 1 is 0.938 bits per heavy atom. The third-order valence-corrected chi connectivity index (χ3v) is 1.69. The van der Waals surface area contributed by atoms with Crippen LogP contribution >= 0.6 is 0 Å². The fourth-order valence-electron chi connectivity index (χ4n) is 1.06. The molecule has 0 spiro atoms. The van der Waals surface area contributed by atoms with Gasteiger partial charge in [-0.2, -0.15) is 0 Å². The molecular weight excluding hydrogens is 216 g/mol. The first kappa shape index (κ1) is 9.90. The van der Waals surface area contributed by atoms with Crippen LogP contribution < -0.4 is 0 Å². The highest BCUT2D eigenvalue weighted by Crippen LogP contribution is 2.17. The first-order valence-corrected chi connectivity index (χ1v) is 4.12. The van der Waals surface area contributed by atoms with E-state index in [0.29, 0.717) is 11.4 Å². The number of oxime groups is 2. The molecule has 0 aromatic carbocycles. The van der Waals surface area contributed by atoms with Gasteiger partial charge in [0, 0.05) is 12.1 Å². The number of nitrogens with zero attached hydrogens (tertiary/aromatic N) is 4. The van der Waals surface area contributed by atoms with Crippen LogP contribution in [0.5, 0.6) is 0 Å². The molecule has 0 atom stereocenters. The molecule has 8 nitrogen and oxygen atoms in total. The second-order valence-corrected chi connectivity index (χ2v) is 2.72. The maximum Gasteiger partial charge on any atom is 0.181 e. The molecule has 16 heavy (non-hydrogen) atoms. The van der Waals surface area contributed by atoms with E-state index in [1.807, 2.05) is 0 Å². The summed E-state index contributed by atoms with van der Waals surface area (Å²) in [7, 11) is 0. The minimum absolute atomic E-state index is 0.276. The van der Waals surface area contributed by atoms with Gasteiger partial charge in [0.25, 0.3) is 0 Å². The zero-order valence-corrected chi connectivity index (χ0v) is 7.81. The van der Waals surface area contributed by atoms with Crippen LogP contribution in [0.25, 0.3) is 11.4 Å². The number of hydrogen-bond donors (Lipinski definition) is 2. The zero-order chi connectivity index (χ0) is 11.4. The van der Waals surface area contributed by atoms with E-state index in [0.717, 1.165) is 12.4 Å². The van der Waals surface area contributed by atoms with E-state index in [4.69, 9.17) is 19.5 Å². The van der Waals surface area contributed by atoms with E-state index in [9.17, 15) is 0 Å². The second kappa shape index (κ2) is 4.26. The van der Waals surface area contributed by atoms with Crippen LogP contribution in [0.1, 0.15) is 11.5 Å². The number of aromatic nitrogens is 2. The summed E-state index contributed by atoms with van der Waals surface area (Å²) in [6.45, 7) is 0. The van der Waals surface area contributed by atoms with Gasteiger partial charge < -0.3 is 19.5 Å². The monoisotopic (exact) mass is 222 g/mol. The summed E-state index contributed by atoms with van der Waals surface area (Å²) in [5.41, 5.74) is 0.826. The highest BCUT2D eigenvalue weighted by atomic mass is 16.5. The van der Waals surface area contributed by atoms with Crippen molar-refractivity contribution in [2.45, 2.75) is 0 Å². The van der Waals surface area contributed by atoms with E-state index in [-0.39, 0.29) is 11.5 Å². The molecule has 82 valence electrons. The van der Waals surface area contributed by atoms with Crippen LogP contribution in [-0.4, -0.2) is 33.2 Å². The van der Waals surface area contributed by atoms with Gasteiger partial charge in [0.15, 0.2) is 11.5 Å². The van der Waals surface area contributed by atoms with Gasteiger partial charge in [-0.15, -0.1) is 0 Å². The average Bonchev–Trinajstić information content (AvgIpc) is 2.87. The normalized spacial score (nSPS) is 11.8. The number of rotatable bonds is 3. The third-order valence-electron chi connectivity index (χ3n) is 1.69. The molecule has 2 N–H and O–H groups in total. The molecule has 0 amide bonds. The Morgan fingerprint density at radius 2 is 1.38 bits per heavy atom. The van der Waals surface area contributed by atoms with Crippen molar-refractivity contribution in [3.05, 3.63) is 23.7 Å². The number of hydrogen-bond acceptors (Lipinski definition) is 8. The first-order valence-electron chi connectivity index (χ1n) is 4.12. The molecule has 0 aliphatic heterocycles. The summed E-state index contributed by atoms with van der Waals surface area (Å²) < 4.78 is 9.61. The Hall–Kier alpha value is -2.64. The molecule has 2 aromatic rings. The van der Waals surface area contributed by atoms with Gasteiger partial charge in [0.2, 0.25) is 0 Å². The van der Waals surface area contributed by atoms with Crippen molar-refractivity contribution in [2.75, 3.05) is 0 Å². The molecule has 0 saturated heterocycles. The molecule has 0 unspecified atom stereocenters. The lowest BCUT2D eigenvalue weighted by atomic mass is 10.3. The minimum Gasteiger partial charge on any atom is -0.411 e. The summed E-state index contributed by atoms with van der Waals surface area (Å²) in [5, 5.41) is 29.5. The Bertz CT molecular complexity index is 479. The Balaban J connectivity index is 2.27. The van der Waals surface area contributed by atoms with E-state index in [1.54, 1.807) is 0 Å². The molecule has 0 saturated carbocycles. The van der Waals surface area contributed by atoms with Gasteiger partial charge in [-0.25, -0.2) is 0 Å². The van der Waals surface area contributed by atoms with E-state index in [1.165, 1.54) is 12.1 Å². The summed E-state index contributed by atoms with van der Waals surface area (Å²) in [6.07, 6.45) is 2.18. The van der Waals surface area contributed by atoms with Gasteiger partial charge in [-0.1, -0.05) is 20.6 Å². The molecule has 0 aliphatic rings. The van der Waals surface area contributed by atoms with E-state index >= 15 is 0 Å². The Morgan fingerprint density at radius 3 is 1.75 bits per heavy atom. The highest BCUT2D eigenvalue weighted by molar-refractivity contribution is 5.79. The van der Waals surface area contributed by atoms with Crippen molar-refractivity contribution in [2.24, 2.45) is 10.3 Å². The van der Waals surface area contributed by atoms with Crippen molar-refractivity contribution in [1.29, 1.82) is 0 Å². The van der Waals surface area contributed by atoms with Crippen LogP contribution in [-0.2, 0) is 0 Å². The van der Waals surface area contributed by atoms with Gasteiger partial charge in [0.1, 0.15) is 23.8 Å². The topological polar surface area (TPSA) is 117 Å². The standard InChI is InChI=1S/C8H6N4O4/c13-9-3-5-1-7(11-15-5)8-2-6(4-10-14)16-12-8/h1-4,13-14H. The molecule has 8 heteroatoms. The van der Waals surface area contributed by atoms with Crippen molar-refractivity contribution in [1.82, 2.24) is 10.3 Å². The summed E-state index contributed by atoms with van der Waals surface area (Å²) in [5.74, 6) is 0.552. The first-order chi connectivity index (χ1) is 7.83. The minimum atomic E-state index is 0.276. The van der Waals surface area contributed by atoms with E-state index in [2.05, 4.69) is 20.6 Å². The van der Waals surface area contributed by atoms with Gasteiger partial charge in [-0.05, 0) is 0 Å². The summed E-state index contributed by atoms with van der Waals surface area (Å²) in [4.78, 5) is 0. The van der Waals surface area contributed by atoms with E-state index < -0.39 is 0 Å². The zero-order valence-electron chi connectivity index (χ0n) is 7.81. The van der Waals surface area contributed by atoms with Crippen molar-refractivity contribution >= 4 is 12.4 Å². The average molecular weight is 222 g/mol. The van der Waals surface area contributed by atoms with Crippen molar-refractivity contribution in [3.63, 3.8) is 0 Å². The summed E-state index contributed by atoms with van der Waals surface area (Å²) in [6, 6.07) is 3.02. The lowest BCUT2D eigenvalue weighted by Crippen LogP contribution is -1.75. The van der Waals surface area contributed by atoms with Crippen molar-refractivity contribution in [3.8, 4) is 11.4 Å². The van der Waals surface area contributed by atoms with Gasteiger partial charge in [0.05, 0.1) is 0 Å². The second-order valence-electron chi connectivity index (χ2n) is 2.72.